The Morgan fingerprint density at radius 1 is 1.22 bits per heavy atom. The molecule has 3 heterocycles. The summed E-state index contributed by atoms with van der Waals surface area (Å²) in [5.41, 5.74) is 3.77. The van der Waals surface area contributed by atoms with Gasteiger partial charge in [0.25, 0.3) is 0 Å². The number of benzene rings is 2. The Morgan fingerprint density at radius 3 is 2.61 bits per heavy atom. The van der Waals surface area contributed by atoms with E-state index in [2.05, 4.69) is 26.4 Å². The summed E-state index contributed by atoms with van der Waals surface area (Å²) in [6, 6.07) is 13.4. The zero-order chi connectivity index (χ0) is 25.3. The van der Waals surface area contributed by atoms with Crippen molar-refractivity contribution in [3.05, 3.63) is 76.0 Å². The summed E-state index contributed by atoms with van der Waals surface area (Å²) in [5.74, 6) is 2.81. The number of aryl methyl sites for hydroxylation is 1. The van der Waals surface area contributed by atoms with Gasteiger partial charge in [0.2, 0.25) is 0 Å². The smallest absolute Gasteiger partial charge is 0.323 e. The molecule has 0 radical (unpaired) electrons. The largest absolute Gasteiger partial charge is 0.367 e. The minimum atomic E-state index is -0.685. The number of nitrogens with one attached hydrogen (secondary N) is 2. The molecule has 1 atom stereocenters. The van der Waals surface area contributed by atoms with Gasteiger partial charge in [-0.3, -0.25) is 5.32 Å². The summed E-state index contributed by atoms with van der Waals surface area (Å²) in [4.78, 5) is 21.2. The molecule has 0 saturated carbocycles. The van der Waals surface area contributed by atoms with Gasteiger partial charge in [-0.25, -0.2) is 14.2 Å². The standard InChI is InChI=1S/C28H30FN5OS/c1-4-28(3,22-8-5-19(2)6-9-22)25-18-36-26(31-25)32-27(35)34-16-21(17-34)20-7-10-24(23(29)15-20)33-13-11-30-12-14-33/h1,5-10,15,18,21,30H,11-14,16-17H2,2-3H3,(H,31,32,35)/t28-/m0/s1. The zero-order valence-corrected chi connectivity index (χ0v) is 21.4. The van der Waals surface area contributed by atoms with Crippen molar-refractivity contribution >= 4 is 28.2 Å². The molecule has 2 aromatic carbocycles. The van der Waals surface area contributed by atoms with E-state index in [9.17, 15) is 9.18 Å². The average molecular weight is 504 g/mol. The molecular weight excluding hydrogens is 473 g/mol. The van der Waals surface area contributed by atoms with Crippen molar-refractivity contribution < 1.29 is 9.18 Å². The van der Waals surface area contributed by atoms with Crippen molar-refractivity contribution in [1.29, 1.82) is 0 Å². The number of carbonyl (C=O) groups excluding carboxylic acids is 1. The third-order valence-electron chi connectivity index (χ3n) is 7.22. The maximum Gasteiger partial charge on any atom is 0.323 e. The summed E-state index contributed by atoms with van der Waals surface area (Å²) in [6.45, 7) is 8.42. The number of thiazole rings is 1. The quantitative estimate of drug-likeness (QED) is 0.501. The van der Waals surface area contributed by atoms with E-state index in [4.69, 9.17) is 6.42 Å². The Bertz CT molecular complexity index is 1290. The van der Waals surface area contributed by atoms with E-state index in [1.54, 1.807) is 11.0 Å². The summed E-state index contributed by atoms with van der Waals surface area (Å²) in [5, 5.41) is 8.59. The van der Waals surface area contributed by atoms with Gasteiger partial charge in [-0.05, 0) is 37.1 Å². The molecule has 0 aliphatic carbocycles. The molecule has 8 heteroatoms. The van der Waals surface area contributed by atoms with Crippen LogP contribution in [0.1, 0.15) is 35.2 Å². The van der Waals surface area contributed by atoms with E-state index in [0.717, 1.165) is 48.6 Å². The number of carbonyl (C=O) groups is 1. The van der Waals surface area contributed by atoms with Gasteiger partial charge < -0.3 is 15.1 Å². The lowest BCUT2D eigenvalue weighted by molar-refractivity contribution is 0.164. The molecule has 3 aromatic rings. The molecule has 2 aliphatic rings. The Balaban J connectivity index is 1.19. The van der Waals surface area contributed by atoms with Crippen LogP contribution in [-0.2, 0) is 5.41 Å². The van der Waals surface area contributed by atoms with Crippen molar-refractivity contribution in [1.82, 2.24) is 15.2 Å². The Labute approximate surface area is 215 Å². The van der Waals surface area contributed by atoms with Crippen LogP contribution in [0.5, 0.6) is 0 Å². The Kier molecular flexibility index (Phi) is 6.69. The maximum atomic E-state index is 14.8. The lowest BCUT2D eigenvalue weighted by Crippen LogP contribution is -2.50. The van der Waals surface area contributed by atoms with E-state index in [1.165, 1.54) is 11.3 Å². The highest BCUT2D eigenvalue weighted by Gasteiger charge is 2.34. The van der Waals surface area contributed by atoms with E-state index in [-0.39, 0.29) is 17.8 Å². The van der Waals surface area contributed by atoms with Gasteiger partial charge in [0.15, 0.2) is 5.13 Å². The first kappa shape index (κ1) is 24.3. The van der Waals surface area contributed by atoms with Crippen molar-refractivity contribution in [3.63, 3.8) is 0 Å². The molecule has 0 spiro atoms. The Hall–Kier alpha value is -3.41. The molecule has 5 rings (SSSR count). The number of rotatable bonds is 5. The van der Waals surface area contributed by atoms with E-state index in [1.807, 2.05) is 55.6 Å². The predicted octanol–water partition coefficient (Wildman–Crippen LogP) is 4.57. The number of amides is 2. The van der Waals surface area contributed by atoms with Gasteiger partial charge in [0.1, 0.15) is 5.82 Å². The number of anilines is 2. The fraction of sp³-hybridized carbons (Fsp3) is 0.357. The van der Waals surface area contributed by atoms with Gasteiger partial charge in [0, 0.05) is 50.6 Å². The minimum Gasteiger partial charge on any atom is -0.367 e. The SMILES string of the molecule is C#C[C@@](C)(c1ccc(C)cc1)c1csc(NC(=O)N2CC(c3ccc(N4CCNCC4)c(F)c3)C2)n1. The second-order valence-electron chi connectivity index (χ2n) is 9.65. The van der Waals surface area contributed by atoms with Crippen molar-refractivity contribution in [3.8, 4) is 12.3 Å². The van der Waals surface area contributed by atoms with Crippen LogP contribution in [0.3, 0.4) is 0 Å². The number of piperazine rings is 1. The molecule has 2 saturated heterocycles. The van der Waals surface area contributed by atoms with Crippen LogP contribution in [0.25, 0.3) is 0 Å². The van der Waals surface area contributed by atoms with E-state index < -0.39 is 5.41 Å². The summed E-state index contributed by atoms with van der Waals surface area (Å²) >= 11 is 1.36. The number of hydrogen-bond acceptors (Lipinski definition) is 5. The molecule has 2 fully saturated rings. The van der Waals surface area contributed by atoms with Gasteiger partial charge in [-0.2, -0.15) is 0 Å². The fourth-order valence-corrected chi connectivity index (χ4v) is 5.53. The maximum absolute atomic E-state index is 14.8. The molecule has 0 bridgehead atoms. The summed E-state index contributed by atoms with van der Waals surface area (Å²) in [6.07, 6.45) is 5.92. The van der Waals surface area contributed by atoms with Crippen LogP contribution in [-0.4, -0.2) is 55.2 Å². The van der Waals surface area contributed by atoms with Crippen molar-refractivity contribution in [2.24, 2.45) is 0 Å². The lowest BCUT2D eigenvalue weighted by atomic mass is 9.80. The van der Waals surface area contributed by atoms with Crippen LogP contribution >= 0.6 is 11.3 Å². The molecule has 36 heavy (non-hydrogen) atoms. The minimum absolute atomic E-state index is 0.125. The van der Waals surface area contributed by atoms with Crippen molar-refractivity contribution in [2.75, 3.05) is 49.5 Å². The van der Waals surface area contributed by atoms with E-state index >= 15 is 0 Å². The van der Waals surface area contributed by atoms with Crippen LogP contribution in [0.4, 0.5) is 20.0 Å². The number of hydrogen-bond donors (Lipinski definition) is 2. The number of nitrogens with zero attached hydrogens (tertiary/aromatic N) is 3. The third kappa shape index (κ3) is 4.69. The summed E-state index contributed by atoms with van der Waals surface area (Å²) in [7, 11) is 0. The average Bonchev–Trinajstić information content (AvgIpc) is 3.33. The second kappa shape index (κ2) is 9.92. The van der Waals surface area contributed by atoms with Gasteiger partial charge in [-0.15, -0.1) is 17.8 Å². The lowest BCUT2D eigenvalue weighted by Gasteiger charge is -2.39. The first-order valence-corrected chi connectivity index (χ1v) is 13.1. The number of aromatic nitrogens is 1. The van der Waals surface area contributed by atoms with Gasteiger partial charge >= 0.3 is 6.03 Å². The van der Waals surface area contributed by atoms with Crippen LogP contribution in [0.15, 0.2) is 47.8 Å². The molecule has 6 nitrogen and oxygen atoms in total. The van der Waals surface area contributed by atoms with Gasteiger partial charge in [-0.1, -0.05) is 41.8 Å². The third-order valence-corrected chi connectivity index (χ3v) is 7.98. The predicted molar refractivity (Wildman–Crippen MR) is 143 cm³/mol. The molecule has 1 aromatic heterocycles. The van der Waals surface area contributed by atoms with Crippen molar-refractivity contribution in [2.45, 2.75) is 25.2 Å². The van der Waals surface area contributed by atoms with Crippen LogP contribution in [0, 0.1) is 25.1 Å². The molecule has 186 valence electrons. The first-order chi connectivity index (χ1) is 17.4. The number of terminal acetylenes is 1. The number of urea groups is 1. The zero-order valence-electron chi connectivity index (χ0n) is 20.6. The monoisotopic (exact) mass is 503 g/mol. The number of halogens is 1. The van der Waals surface area contributed by atoms with Crippen LogP contribution < -0.4 is 15.5 Å². The topological polar surface area (TPSA) is 60.5 Å². The molecule has 2 aliphatic heterocycles. The van der Waals surface area contributed by atoms with Gasteiger partial charge in [0.05, 0.1) is 16.8 Å². The highest BCUT2D eigenvalue weighted by molar-refractivity contribution is 7.14. The Morgan fingerprint density at radius 2 is 1.94 bits per heavy atom. The number of likely N-dealkylation sites (tertiary alicyclic amines) is 1. The normalized spacial score (nSPS) is 17.7. The van der Waals surface area contributed by atoms with Crippen LogP contribution in [0.2, 0.25) is 0 Å². The molecular formula is C28H30FN5OS. The fourth-order valence-electron chi connectivity index (χ4n) is 4.72. The summed E-state index contributed by atoms with van der Waals surface area (Å²) < 4.78 is 14.8. The van der Waals surface area contributed by atoms with E-state index in [0.29, 0.717) is 23.9 Å². The molecule has 0 unspecified atom stereocenters. The first-order valence-electron chi connectivity index (χ1n) is 12.2. The highest BCUT2D eigenvalue weighted by atomic mass is 32.1. The highest BCUT2D eigenvalue weighted by Crippen LogP contribution is 2.35. The molecule has 2 N–H and O–H groups in total. The second-order valence-corrected chi connectivity index (χ2v) is 10.5. The molecule has 2 amide bonds.